The molecule has 0 aliphatic heterocycles. The van der Waals surface area contributed by atoms with Gasteiger partial charge in [0.15, 0.2) is 0 Å². The van der Waals surface area contributed by atoms with Crippen LogP contribution >= 0.6 is 11.8 Å². The van der Waals surface area contributed by atoms with Crippen molar-refractivity contribution in [2.75, 3.05) is 18.1 Å². The predicted molar refractivity (Wildman–Crippen MR) is 83.8 cm³/mol. The fourth-order valence-corrected chi connectivity index (χ4v) is 3.02. The minimum absolute atomic E-state index is 0.120. The summed E-state index contributed by atoms with van der Waals surface area (Å²) in [4.78, 5) is 23.9. The number of anilines is 1. The Labute approximate surface area is 128 Å². The summed E-state index contributed by atoms with van der Waals surface area (Å²) >= 11 is 1.61. The van der Waals surface area contributed by atoms with Gasteiger partial charge in [0.2, 0.25) is 0 Å². The summed E-state index contributed by atoms with van der Waals surface area (Å²) in [6, 6.07) is 7.31. The molecule has 0 heterocycles. The molecule has 0 atom stereocenters. The minimum atomic E-state index is -0.801. The van der Waals surface area contributed by atoms with E-state index in [-0.39, 0.29) is 17.9 Å². The second kappa shape index (κ2) is 6.85. The molecule has 2 amide bonds. The van der Waals surface area contributed by atoms with Crippen LogP contribution in [0.15, 0.2) is 29.2 Å². The number of aliphatic carboxylic acids is 1. The summed E-state index contributed by atoms with van der Waals surface area (Å²) in [5.74, 6) is -0.801. The fraction of sp³-hybridized carbons (Fsp3) is 0.467. The number of benzene rings is 1. The van der Waals surface area contributed by atoms with Crippen LogP contribution in [0.5, 0.6) is 0 Å². The maximum absolute atomic E-state index is 11.9. The number of carbonyl (C=O) groups is 2. The van der Waals surface area contributed by atoms with Gasteiger partial charge in [0, 0.05) is 17.1 Å². The highest BCUT2D eigenvalue weighted by atomic mass is 32.2. The Balaban J connectivity index is 1.85. The lowest BCUT2D eigenvalue weighted by molar-refractivity contribution is -0.141. The number of urea groups is 1. The summed E-state index contributed by atoms with van der Waals surface area (Å²) < 4.78 is 0. The largest absolute Gasteiger partial charge is 0.481 e. The first-order valence-corrected chi connectivity index (χ1v) is 8.16. The van der Waals surface area contributed by atoms with Crippen molar-refractivity contribution in [2.24, 2.45) is 5.41 Å². The lowest BCUT2D eigenvalue weighted by atomic mass is 9.66. The van der Waals surface area contributed by atoms with Crippen LogP contribution in [0.4, 0.5) is 10.5 Å². The summed E-state index contributed by atoms with van der Waals surface area (Å²) in [7, 11) is 0. The molecule has 1 aliphatic carbocycles. The van der Waals surface area contributed by atoms with Crippen LogP contribution in [-0.2, 0) is 4.79 Å². The molecule has 21 heavy (non-hydrogen) atoms. The first-order chi connectivity index (χ1) is 10.0. The zero-order valence-corrected chi connectivity index (χ0v) is 12.8. The van der Waals surface area contributed by atoms with E-state index < -0.39 is 5.97 Å². The number of carboxylic acid groups (broad SMARTS) is 1. The molecule has 0 aromatic heterocycles. The zero-order chi connectivity index (χ0) is 15.3. The van der Waals surface area contributed by atoms with Gasteiger partial charge in [-0.3, -0.25) is 4.79 Å². The van der Waals surface area contributed by atoms with Crippen molar-refractivity contribution < 1.29 is 14.7 Å². The Morgan fingerprint density at radius 2 is 2.14 bits per heavy atom. The molecule has 1 fully saturated rings. The monoisotopic (exact) mass is 308 g/mol. The molecule has 6 heteroatoms. The van der Waals surface area contributed by atoms with Crippen LogP contribution in [0.2, 0.25) is 0 Å². The number of thioether (sulfide) groups is 1. The molecule has 0 bridgehead atoms. The molecule has 0 radical (unpaired) electrons. The van der Waals surface area contributed by atoms with Gasteiger partial charge in [-0.15, -0.1) is 11.8 Å². The number of amides is 2. The van der Waals surface area contributed by atoms with E-state index in [0.29, 0.717) is 6.54 Å². The summed E-state index contributed by atoms with van der Waals surface area (Å²) in [6.45, 7) is 0.410. The van der Waals surface area contributed by atoms with Crippen LogP contribution in [0, 0.1) is 5.41 Å². The van der Waals surface area contributed by atoms with Crippen molar-refractivity contribution in [3.63, 3.8) is 0 Å². The first kappa shape index (κ1) is 15.7. The van der Waals surface area contributed by atoms with Gasteiger partial charge in [-0.05, 0) is 42.7 Å². The maximum atomic E-state index is 11.9. The second-order valence-electron chi connectivity index (χ2n) is 5.46. The van der Waals surface area contributed by atoms with Crippen LogP contribution in [-0.4, -0.2) is 29.9 Å². The average molecular weight is 308 g/mol. The molecule has 0 spiro atoms. The van der Waals surface area contributed by atoms with Gasteiger partial charge in [-0.25, -0.2) is 4.79 Å². The van der Waals surface area contributed by atoms with Crippen molar-refractivity contribution in [1.29, 1.82) is 0 Å². The highest BCUT2D eigenvalue weighted by Gasteiger charge is 2.39. The van der Waals surface area contributed by atoms with Crippen LogP contribution in [0.3, 0.4) is 0 Å². The standard InChI is InChI=1S/C15H20N2O3S/c1-21-12-5-2-4-11(8-12)17-14(20)16-10-15(6-3-7-15)9-13(18)19/h2,4-5,8H,3,6-7,9-10H2,1H3,(H,18,19)(H2,16,17,20). The highest BCUT2D eigenvalue weighted by molar-refractivity contribution is 7.98. The molecule has 1 aromatic rings. The van der Waals surface area contributed by atoms with E-state index in [9.17, 15) is 9.59 Å². The van der Waals surface area contributed by atoms with Gasteiger partial charge in [-0.2, -0.15) is 0 Å². The predicted octanol–water partition coefficient (Wildman–Crippen LogP) is 3.18. The van der Waals surface area contributed by atoms with Crippen molar-refractivity contribution in [3.05, 3.63) is 24.3 Å². The van der Waals surface area contributed by atoms with E-state index in [2.05, 4.69) is 10.6 Å². The van der Waals surface area contributed by atoms with Crippen molar-refractivity contribution in [3.8, 4) is 0 Å². The topological polar surface area (TPSA) is 78.4 Å². The van der Waals surface area contributed by atoms with E-state index in [1.54, 1.807) is 11.8 Å². The van der Waals surface area contributed by atoms with Crippen molar-refractivity contribution >= 4 is 29.4 Å². The molecule has 5 nitrogen and oxygen atoms in total. The maximum Gasteiger partial charge on any atom is 0.319 e. The third-order valence-electron chi connectivity index (χ3n) is 3.89. The lowest BCUT2D eigenvalue weighted by Crippen LogP contribution is -2.44. The molecule has 0 unspecified atom stereocenters. The lowest BCUT2D eigenvalue weighted by Gasteiger charge is -2.40. The van der Waals surface area contributed by atoms with Crippen LogP contribution < -0.4 is 10.6 Å². The molecular formula is C15H20N2O3S. The Bertz CT molecular complexity index is 529. The SMILES string of the molecule is CSc1cccc(NC(=O)NCC2(CC(=O)O)CCC2)c1. The quantitative estimate of drug-likeness (QED) is 0.705. The Hall–Kier alpha value is -1.69. The van der Waals surface area contributed by atoms with Crippen LogP contribution in [0.1, 0.15) is 25.7 Å². The van der Waals surface area contributed by atoms with Gasteiger partial charge < -0.3 is 15.7 Å². The van der Waals surface area contributed by atoms with E-state index in [1.165, 1.54) is 0 Å². The van der Waals surface area contributed by atoms with Gasteiger partial charge >= 0.3 is 12.0 Å². The van der Waals surface area contributed by atoms with E-state index in [0.717, 1.165) is 29.8 Å². The number of carbonyl (C=O) groups excluding carboxylic acids is 1. The van der Waals surface area contributed by atoms with E-state index in [4.69, 9.17) is 5.11 Å². The number of nitrogens with one attached hydrogen (secondary N) is 2. The molecule has 2 rings (SSSR count). The normalized spacial score (nSPS) is 15.9. The summed E-state index contributed by atoms with van der Waals surface area (Å²) in [6.07, 6.45) is 4.86. The summed E-state index contributed by atoms with van der Waals surface area (Å²) in [5, 5.41) is 14.5. The molecular weight excluding hydrogens is 288 g/mol. The molecule has 1 saturated carbocycles. The van der Waals surface area contributed by atoms with Gasteiger partial charge in [0.1, 0.15) is 0 Å². The minimum Gasteiger partial charge on any atom is -0.481 e. The third-order valence-corrected chi connectivity index (χ3v) is 4.62. The molecule has 1 aromatic carbocycles. The highest BCUT2D eigenvalue weighted by Crippen LogP contribution is 2.43. The third kappa shape index (κ3) is 4.39. The smallest absolute Gasteiger partial charge is 0.319 e. The molecule has 1 aliphatic rings. The van der Waals surface area contributed by atoms with Gasteiger partial charge in [0.05, 0.1) is 6.42 Å². The van der Waals surface area contributed by atoms with E-state index in [1.807, 2.05) is 30.5 Å². The molecule has 3 N–H and O–H groups in total. The van der Waals surface area contributed by atoms with Crippen LogP contribution in [0.25, 0.3) is 0 Å². The number of hydrogen-bond donors (Lipinski definition) is 3. The average Bonchev–Trinajstić information content (AvgIpc) is 2.41. The van der Waals surface area contributed by atoms with Gasteiger partial charge in [0.25, 0.3) is 0 Å². The Kier molecular flexibility index (Phi) is 5.12. The van der Waals surface area contributed by atoms with Crippen molar-refractivity contribution in [2.45, 2.75) is 30.6 Å². The zero-order valence-electron chi connectivity index (χ0n) is 12.0. The fourth-order valence-electron chi connectivity index (χ4n) is 2.56. The van der Waals surface area contributed by atoms with Gasteiger partial charge in [-0.1, -0.05) is 12.5 Å². The van der Waals surface area contributed by atoms with E-state index >= 15 is 0 Å². The number of rotatable bonds is 6. The first-order valence-electron chi connectivity index (χ1n) is 6.94. The Morgan fingerprint density at radius 1 is 1.38 bits per heavy atom. The second-order valence-corrected chi connectivity index (χ2v) is 6.34. The number of carboxylic acids is 1. The molecule has 114 valence electrons. The summed E-state index contributed by atoms with van der Waals surface area (Å²) in [5.41, 5.74) is 0.477. The van der Waals surface area contributed by atoms with Crippen molar-refractivity contribution in [1.82, 2.24) is 5.32 Å². The molecule has 0 saturated heterocycles. The number of hydrogen-bond acceptors (Lipinski definition) is 3. The Morgan fingerprint density at radius 3 is 2.71 bits per heavy atom.